The van der Waals surface area contributed by atoms with Crippen LogP contribution in [-0.2, 0) is 10.0 Å². The van der Waals surface area contributed by atoms with Crippen LogP contribution in [0.3, 0.4) is 0 Å². The molecule has 1 aromatic carbocycles. The van der Waals surface area contributed by atoms with E-state index in [4.69, 9.17) is 17.3 Å². The Kier molecular flexibility index (Phi) is 3.64. The van der Waals surface area contributed by atoms with Crippen LogP contribution in [0.2, 0.25) is 5.02 Å². The maximum Gasteiger partial charge on any atom is 0.263 e. The SMILES string of the molecule is Cc1ccc(NS(=O)(=O)c2ccc(N)nc2)cc1Cl. The Morgan fingerprint density at radius 3 is 2.58 bits per heavy atom. The quantitative estimate of drug-likeness (QED) is 0.911. The number of benzene rings is 1. The summed E-state index contributed by atoms with van der Waals surface area (Å²) >= 11 is 5.95. The summed E-state index contributed by atoms with van der Waals surface area (Å²) in [7, 11) is -3.69. The lowest BCUT2D eigenvalue weighted by Crippen LogP contribution is -2.13. The van der Waals surface area contributed by atoms with Gasteiger partial charge in [-0.15, -0.1) is 0 Å². The van der Waals surface area contributed by atoms with E-state index in [1.807, 2.05) is 6.92 Å². The number of rotatable bonds is 3. The van der Waals surface area contributed by atoms with E-state index in [1.54, 1.807) is 18.2 Å². The van der Waals surface area contributed by atoms with Gasteiger partial charge in [0, 0.05) is 11.2 Å². The third-order valence-electron chi connectivity index (χ3n) is 2.49. The maximum absolute atomic E-state index is 12.1. The molecule has 0 radical (unpaired) electrons. The van der Waals surface area contributed by atoms with Gasteiger partial charge in [-0.05, 0) is 36.8 Å². The van der Waals surface area contributed by atoms with Crippen molar-refractivity contribution in [2.75, 3.05) is 10.5 Å². The Bertz CT molecular complexity index is 699. The fourth-order valence-electron chi connectivity index (χ4n) is 1.42. The van der Waals surface area contributed by atoms with Crippen LogP contribution in [0.25, 0.3) is 0 Å². The highest BCUT2D eigenvalue weighted by atomic mass is 35.5. The fourth-order valence-corrected chi connectivity index (χ4v) is 2.60. The number of hydrogen-bond donors (Lipinski definition) is 2. The van der Waals surface area contributed by atoms with E-state index in [-0.39, 0.29) is 10.7 Å². The highest BCUT2D eigenvalue weighted by Crippen LogP contribution is 2.22. The number of nitrogens with zero attached hydrogens (tertiary/aromatic N) is 1. The molecule has 3 N–H and O–H groups in total. The number of anilines is 2. The van der Waals surface area contributed by atoms with E-state index in [1.165, 1.54) is 18.3 Å². The monoisotopic (exact) mass is 297 g/mol. The van der Waals surface area contributed by atoms with Gasteiger partial charge >= 0.3 is 0 Å². The Morgan fingerprint density at radius 1 is 1.26 bits per heavy atom. The van der Waals surface area contributed by atoms with Crippen LogP contribution in [0.1, 0.15) is 5.56 Å². The summed E-state index contributed by atoms with van der Waals surface area (Å²) in [5, 5.41) is 0.496. The number of sulfonamides is 1. The fraction of sp³-hybridized carbons (Fsp3) is 0.0833. The second-order valence-corrected chi connectivity index (χ2v) is 6.08. The van der Waals surface area contributed by atoms with Crippen molar-refractivity contribution in [3.63, 3.8) is 0 Å². The van der Waals surface area contributed by atoms with Gasteiger partial charge in [0.15, 0.2) is 0 Å². The minimum Gasteiger partial charge on any atom is -0.384 e. The predicted octanol–water partition coefficient (Wildman–Crippen LogP) is 2.43. The number of aromatic nitrogens is 1. The van der Waals surface area contributed by atoms with E-state index in [0.717, 1.165) is 5.56 Å². The summed E-state index contributed by atoms with van der Waals surface area (Å²) in [6, 6.07) is 7.75. The third kappa shape index (κ3) is 3.15. The lowest BCUT2D eigenvalue weighted by Gasteiger charge is -2.09. The molecule has 0 spiro atoms. The van der Waals surface area contributed by atoms with Crippen LogP contribution in [0.5, 0.6) is 0 Å². The van der Waals surface area contributed by atoms with Gasteiger partial charge in [0.05, 0.1) is 5.69 Å². The van der Waals surface area contributed by atoms with Crippen molar-refractivity contribution < 1.29 is 8.42 Å². The van der Waals surface area contributed by atoms with Crippen molar-refractivity contribution in [1.29, 1.82) is 0 Å². The molecule has 0 saturated heterocycles. The summed E-state index contributed by atoms with van der Waals surface area (Å²) in [5.41, 5.74) is 6.68. The van der Waals surface area contributed by atoms with Crippen LogP contribution < -0.4 is 10.5 Å². The molecule has 2 aromatic rings. The number of nitrogen functional groups attached to an aromatic ring is 1. The molecule has 0 saturated carbocycles. The van der Waals surface area contributed by atoms with Crippen molar-refractivity contribution in [3.05, 3.63) is 47.1 Å². The van der Waals surface area contributed by atoms with Gasteiger partial charge < -0.3 is 5.73 Å². The molecular weight excluding hydrogens is 286 g/mol. The molecule has 0 bridgehead atoms. The lowest BCUT2D eigenvalue weighted by molar-refractivity contribution is 0.601. The maximum atomic E-state index is 12.1. The Hall–Kier alpha value is -1.79. The van der Waals surface area contributed by atoms with Gasteiger partial charge in [0.25, 0.3) is 10.0 Å². The zero-order valence-corrected chi connectivity index (χ0v) is 11.7. The van der Waals surface area contributed by atoms with Crippen molar-refractivity contribution in [2.24, 2.45) is 0 Å². The molecule has 0 fully saturated rings. The summed E-state index contributed by atoms with van der Waals surface area (Å²) in [5.74, 6) is 0.261. The molecule has 19 heavy (non-hydrogen) atoms. The number of hydrogen-bond acceptors (Lipinski definition) is 4. The van der Waals surface area contributed by atoms with Gasteiger partial charge in [-0.3, -0.25) is 4.72 Å². The highest BCUT2D eigenvalue weighted by molar-refractivity contribution is 7.92. The molecule has 7 heteroatoms. The Balaban J connectivity index is 2.30. The van der Waals surface area contributed by atoms with Crippen LogP contribution in [0.15, 0.2) is 41.4 Å². The Morgan fingerprint density at radius 2 is 2.00 bits per heavy atom. The van der Waals surface area contributed by atoms with Crippen LogP contribution in [-0.4, -0.2) is 13.4 Å². The lowest BCUT2D eigenvalue weighted by atomic mass is 10.2. The van der Waals surface area contributed by atoms with E-state index in [2.05, 4.69) is 9.71 Å². The standard InChI is InChI=1S/C12H12ClN3O2S/c1-8-2-3-9(6-11(8)13)16-19(17,18)10-4-5-12(14)15-7-10/h2-7,16H,1H3,(H2,14,15). The number of halogens is 1. The van der Waals surface area contributed by atoms with E-state index in [9.17, 15) is 8.42 Å². The zero-order valence-electron chi connectivity index (χ0n) is 10.1. The molecule has 2 rings (SSSR count). The summed E-state index contributed by atoms with van der Waals surface area (Å²) in [6.07, 6.45) is 1.20. The Labute approximate surface area is 116 Å². The predicted molar refractivity (Wildman–Crippen MR) is 75.6 cm³/mol. The van der Waals surface area contributed by atoms with Crippen molar-refractivity contribution in [2.45, 2.75) is 11.8 Å². The molecule has 0 atom stereocenters. The second kappa shape index (κ2) is 5.07. The van der Waals surface area contributed by atoms with Gasteiger partial charge in [-0.2, -0.15) is 0 Å². The molecule has 0 aliphatic carbocycles. The van der Waals surface area contributed by atoms with Crippen molar-refractivity contribution in [3.8, 4) is 0 Å². The number of nitrogens with one attached hydrogen (secondary N) is 1. The van der Waals surface area contributed by atoms with Gasteiger partial charge in [0.2, 0.25) is 0 Å². The number of nitrogens with two attached hydrogens (primary N) is 1. The first-order valence-corrected chi connectivity index (χ1v) is 7.25. The molecule has 0 amide bonds. The summed E-state index contributed by atoms with van der Waals surface area (Å²) in [6.45, 7) is 1.84. The second-order valence-electron chi connectivity index (χ2n) is 3.99. The molecule has 1 aromatic heterocycles. The molecule has 100 valence electrons. The first-order chi connectivity index (χ1) is 8.88. The molecule has 0 aliphatic rings. The normalized spacial score (nSPS) is 11.3. The van der Waals surface area contributed by atoms with Crippen LogP contribution in [0, 0.1) is 6.92 Å². The number of pyridine rings is 1. The molecule has 0 unspecified atom stereocenters. The smallest absolute Gasteiger partial charge is 0.263 e. The molecule has 1 heterocycles. The van der Waals surface area contributed by atoms with E-state index >= 15 is 0 Å². The topological polar surface area (TPSA) is 85.1 Å². The van der Waals surface area contributed by atoms with E-state index in [0.29, 0.717) is 10.7 Å². The molecular formula is C12H12ClN3O2S. The summed E-state index contributed by atoms with van der Waals surface area (Å²) < 4.78 is 26.6. The summed E-state index contributed by atoms with van der Waals surface area (Å²) in [4.78, 5) is 3.79. The van der Waals surface area contributed by atoms with Gasteiger partial charge in [-0.25, -0.2) is 13.4 Å². The van der Waals surface area contributed by atoms with E-state index < -0.39 is 10.0 Å². The molecule has 0 aliphatic heterocycles. The largest absolute Gasteiger partial charge is 0.384 e. The minimum atomic E-state index is -3.69. The zero-order chi connectivity index (χ0) is 14.0. The number of aryl methyl sites for hydroxylation is 1. The van der Waals surface area contributed by atoms with Gasteiger partial charge in [-0.1, -0.05) is 17.7 Å². The third-order valence-corrected chi connectivity index (χ3v) is 4.27. The van der Waals surface area contributed by atoms with Crippen molar-refractivity contribution >= 4 is 33.1 Å². The average molecular weight is 298 g/mol. The molecule has 5 nitrogen and oxygen atoms in total. The minimum absolute atomic E-state index is 0.0402. The van der Waals surface area contributed by atoms with Crippen LogP contribution in [0.4, 0.5) is 11.5 Å². The van der Waals surface area contributed by atoms with Gasteiger partial charge in [0.1, 0.15) is 10.7 Å². The highest BCUT2D eigenvalue weighted by Gasteiger charge is 2.14. The van der Waals surface area contributed by atoms with Crippen molar-refractivity contribution in [1.82, 2.24) is 4.98 Å². The first-order valence-electron chi connectivity index (χ1n) is 5.39. The average Bonchev–Trinajstić information content (AvgIpc) is 2.34. The first kappa shape index (κ1) is 13.6. The van der Waals surface area contributed by atoms with Crippen LogP contribution >= 0.6 is 11.6 Å².